The van der Waals surface area contributed by atoms with Gasteiger partial charge < -0.3 is 5.32 Å². The Kier molecular flexibility index (Phi) is 3.20. The molecule has 0 unspecified atom stereocenters. The van der Waals surface area contributed by atoms with Crippen molar-refractivity contribution < 1.29 is 0 Å². The van der Waals surface area contributed by atoms with Crippen molar-refractivity contribution in [1.29, 1.82) is 5.26 Å². The van der Waals surface area contributed by atoms with Gasteiger partial charge in [-0.2, -0.15) is 5.26 Å². The van der Waals surface area contributed by atoms with Crippen LogP contribution in [0, 0.1) is 11.3 Å². The topological polar surface area (TPSA) is 35.8 Å². The van der Waals surface area contributed by atoms with Crippen molar-refractivity contribution in [2.75, 3.05) is 5.32 Å². The maximum Gasteiger partial charge on any atom is 0.101 e. The zero-order chi connectivity index (χ0) is 11.6. The van der Waals surface area contributed by atoms with Gasteiger partial charge in [0.2, 0.25) is 0 Å². The van der Waals surface area contributed by atoms with Crippen LogP contribution in [0.4, 0.5) is 5.69 Å². The third kappa shape index (κ3) is 2.38. The average molecular weight is 279 g/mol. The molecule has 84 valence electrons. The van der Waals surface area contributed by atoms with Gasteiger partial charge >= 0.3 is 0 Å². The smallest absolute Gasteiger partial charge is 0.101 e. The van der Waals surface area contributed by atoms with Crippen LogP contribution in [-0.2, 0) is 0 Å². The number of rotatable bonds is 2. The first-order valence-electron chi connectivity index (χ1n) is 5.61. The standard InChI is InChI=1S/C13H15BrN2/c1-13(6-2-3-7-13)16-12-8-11(14)5-4-10(12)9-15/h4-5,8,16H,2-3,6-7H2,1H3. The molecule has 1 aliphatic carbocycles. The lowest BCUT2D eigenvalue weighted by atomic mass is 9.99. The number of nitrogens with zero attached hydrogens (tertiary/aromatic N) is 1. The van der Waals surface area contributed by atoms with Gasteiger partial charge in [-0.15, -0.1) is 0 Å². The van der Waals surface area contributed by atoms with E-state index in [9.17, 15) is 0 Å². The van der Waals surface area contributed by atoms with Gasteiger partial charge in [0.15, 0.2) is 0 Å². The van der Waals surface area contributed by atoms with Crippen molar-refractivity contribution in [2.45, 2.75) is 38.1 Å². The summed E-state index contributed by atoms with van der Waals surface area (Å²) in [6, 6.07) is 7.97. The zero-order valence-electron chi connectivity index (χ0n) is 9.39. The monoisotopic (exact) mass is 278 g/mol. The molecule has 0 saturated heterocycles. The normalized spacial score (nSPS) is 18.1. The van der Waals surface area contributed by atoms with E-state index >= 15 is 0 Å². The van der Waals surface area contributed by atoms with Gasteiger partial charge in [-0.1, -0.05) is 28.8 Å². The summed E-state index contributed by atoms with van der Waals surface area (Å²) in [5.74, 6) is 0. The molecule has 3 heteroatoms. The molecule has 0 aliphatic heterocycles. The second-order valence-electron chi connectivity index (χ2n) is 4.69. The van der Waals surface area contributed by atoms with E-state index in [0.29, 0.717) is 0 Å². The number of nitriles is 1. The molecule has 1 N–H and O–H groups in total. The minimum Gasteiger partial charge on any atom is -0.379 e. The number of anilines is 1. The van der Waals surface area contributed by atoms with Crippen LogP contribution in [0.3, 0.4) is 0 Å². The van der Waals surface area contributed by atoms with E-state index in [4.69, 9.17) is 5.26 Å². The Labute approximate surface area is 105 Å². The molecule has 0 radical (unpaired) electrons. The maximum absolute atomic E-state index is 9.06. The minimum absolute atomic E-state index is 0.159. The maximum atomic E-state index is 9.06. The van der Waals surface area contributed by atoms with Gasteiger partial charge in [0.25, 0.3) is 0 Å². The van der Waals surface area contributed by atoms with Crippen molar-refractivity contribution in [3.05, 3.63) is 28.2 Å². The molecule has 2 rings (SSSR count). The van der Waals surface area contributed by atoms with E-state index < -0.39 is 0 Å². The second kappa shape index (κ2) is 4.47. The predicted octanol–water partition coefficient (Wildman–Crippen LogP) is 4.07. The van der Waals surface area contributed by atoms with Gasteiger partial charge in [0.05, 0.1) is 11.3 Å². The third-order valence-corrected chi connectivity index (χ3v) is 3.74. The fourth-order valence-corrected chi connectivity index (χ4v) is 2.68. The van der Waals surface area contributed by atoms with E-state index in [1.165, 1.54) is 25.7 Å². The Morgan fingerprint density at radius 2 is 2.06 bits per heavy atom. The Hall–Kier alpha value is -1.01. The van der Waals surface area contributed by atoms with Crippen LogP contribution in [0.1, 0.15) is 38.2 Å². The highest BCUT2D eigenvalue weighted by Crippen LogP contribution is 2.34. The van der Waals surface area contributed by atoms with Crippen molar-refractivity contribution in [3.8, 4) is 6.07 Å². The first-order chi connectivity index (χ1) is 7.63. The number of nitrogens with one attached hydrogen (secondary N) is 1. The molecule has 0 bridgehead atoms. The van der Waals surface area contributed by atoms with E-state index in [1.54, 1.807) is 0 Å². The highest BCUT2D eigenvalue weighted by atomic mass is 79.9. The van der Waals surface area contributed by atoms with Crippen molar-refractivity contribution in [3.63, 3.8) is 0 Å². The molecule has 0 amide bonds. The number of halogens is 1. The first-order valence-corrected chi connectivity index (χ1v) is 6.40. The molecule has 16 heavy (non-hydrogen) atoms. The van der Waals surface area contributed by atoms with Crippen LogP contribution in [0.5, 0.6) is 0 Å². The summed E-state index contributed by atoms with van der Waals surface area (Å²) >= 11 is 3.44. The van der Waals surface area contributed by atoms with Crippen LogP contribution in [0.25, 0.3) is 0 Å². The average Bonchev–Trinajstić information content (AvgIpc) is 2.65. The summed E-state index contributed by atoms with van der Waals surface area (Å²) in [5, 5.41) is 12.6. The Bertz CT molecular complexity index is 428. The Morgan fingerprint density at radius 1 is 1.38 bits per heavy atom. The first kappa shape index (κ1) is 11.5. The molecule has 1 saturated carbocycles. The molecular weight excluding hydrogens is 264 g/mol. The zero-order valence-corrected chi connectivity index (χ0v) is 11.0. The summed E-state index contributed by atoms with van der Waals surface area (Å²) in [7, 11) is 0. The van der Waals surface area contributed by atoms with Gasteiger partial charge in [0, 0.05) is 10.0 Å². The molecule has 0 spiro atoms. The number of hydrogen-bond acceptors (Lipinski definition) is 2. The van der Waals surface area contributed by atoms with Crippen LogP contribution < -0.4 is 5.32 Å². The van der Waals surface area contributed by atoms with E-state index in [2.05, 4.69) is 34.2 Å². The van der Waals surface area contributed by atoms with Gasteiger partial charge in [-0.25, -0.2) is 0 Å². The molecule has 1 aliphatic rings. The van der Waals surface area contributed by atoms with Gasteiger partial charge in [0.1, 0.15) is 6.07 Å². The lowest BCUT2D eigenvalue weighted by Gasteiger charge is -2.27. The van der Waals surface area contributed by atoms with Crippen LogP contribution in [0.15, 0.2) is 22.7 Å². The fraction of sp³-hybridized carbons (Fsp3) is 0.462. The Morgan fingerprint density at radius 3 is 2.69 bits per heavy atom. The van der Waals surface area contributed by atoms with Crippen molar-refractivity contribution in [1.82, 2.24) is 0 Å². The minimum atomic E-state index is 0.159. The van der Waals surface area contributed by atoms with E-state index in [-0.39, 0.29) is 5.54 Å². The fourth-order valence-electron chi connectivity index (χ4n) is 2.32. The molecule has 0 aromatic heterocycles. The summed E-state index contributed by atoms with van der Waals surface area (Å²) in [6.45, 7) is 2.24. The molecule has 0 heterocycles. The number of benzene rings is 1. The highest BCUT2D eigenvalue weighted by molar-refractivity contribution is 9.10. The molecule has 2 nitrogen and oxygen atoms in total. The van der Waals surface area contributed by atoms with Crippen molar-refractivity contribution >= 4 is 21.6 Å². The van der Waals surface area contributed by atoms with Crippen LogP contribution >= 0.6 is 15.9 Å². The van der Waals surface area contributed by atoms with Gasteiger partial charge in [-0.05, 0) is 38.0 Å². The van der Waals surface area contributed by atoms with Crippen molar-refractivity contribution in [2.24, 2.45) is 0 Å². The number of hydrogen-bond donors (Lipinski definition) is 1. The predicted molar refractivity (Wildman–Crippen MR) is 69.4 cm³/mol. The summed E-state index contributed by atoms with van der Waals surface area (Å²) in [4.78, 5) is 0. The summed E-state index contributed by atoms with van der Waals surface area (Å²) in [6.07, 6.45) is 4.92. The largest absolute Gasteiger partial charge is 0.379 e. The molecule has 1 fully saturated rings. The third-order valence-electron chi connectivity index (χ3n) is 3.25. The highest BCUT2D eigenvalue weighted by Gasteiger charge is 2.28. The Balaban J connectivity index is 2.26. The summed E-state index contributed by atoms with van der Waals surface area (Å²) < 4.78 is 1.01. The van der Waals surface area contributed by atoms with Crippen LogP contribution in [-0.4, -0.2) is 5.54 Å². The molecule has 1 aromatic carbocycles. The summed E-state index contributed by atoms with van der Waals surface area (Å²) in [5.41, 5.74) is 1.82. The quantitative estimate of drug-likeness (QED) is 0.885. The molecular formula is C13H15BrN2. The van der Waals surface area contributed by atoms with Crippen LogP contribution in [0.2, 0.25) is 0 Å². The van der Waals surface area contributed by atoms with E-state index in [0.717, 1.165) is 15.7 Å². The SMILES string of the molecule is CC1(Nc2cc(Br)ccc2C#N)CCCC1. The van der Waals surface area contributed by atoms with E-state index in [1.807, 2.05) is 18.2 Å². The second-order valence-corrected chi connectivity index (χ2v) is 5.61. The lowest BCUT2D eigenvalue weighted by Crippen LogP contribution is -2.31. The van der Waals surface area contributed by atoms with Gasteiger partial charge in [-0.3, -0.25) is 0 Å². The molecule has 0 atom stereocenters. The lowest BCUT2D eigenvalue weighted by molar-refractivity contribution is 0.533. The molecule has 1 aromatic rings.